The number of carbonyl (C=O) groups excluding carboxylic acids is 2. The number of piperidine rings is 1. The molecule has 0 unspecified atom stereocenters. The number of hydrogen-bond donors (Lipinski definition) is 0. The van der Waals surface area contributed by atoms with Crippen LogP contribution in [-0.4, -0.2) is 44.0 Å². The van der Waals surface area contributed by atoms with Gasteiger partial charge in [-0.2, -0.15) is 0 Å². The number of imide groups is 1. The van der Waals surface area contributed by atoms with Crippen molar-refractivity contribution in [2.75, 3.05) is 32.2 Å². The molecule has 0 N–H and O–H groups in total. The Labute approximate surface area is 195 Å². The van der Waals surface area contributed by atoms with E-state index in [0.717, 1.165) is 31.5 Å². The highest BCUT2D eigenvalue weighted by Gasteiger charge is 2.43. The number of amides is 2. The molecule has 6 heteroatoms. The predicted octanol–water partition coefficient (Wildman–Crippen LogP) is 4.84. The van der Waals surface area contributed by atoms with Gasteiger partial charge in [-0.25, -0.2) is 4.90 Å². The third-order valence-electron chi connectivity index (χ3n) is 6.65. The minimum atomic E-state index is -0.307. The molecule has 2 amide bonds. The van der Waals surface area contributed by atoms with Crippen LogP contribution in [-0.2, 0) is 9.59 Å². The molecule has 174 valence electrons. The molecule has 0 radical (unpaired) electrons. The maximum atomic E-state index is 13.8. The minimum absolute atomic E-state index is 0.267. The van der Waals surface area contributed by atoms with Crippen LogP contribution in [0, 0.1) is 5.92 Å². The lowest BCUT2D eigenvalue weighted by Crippen LogP contribution is -2.38. The van der Waals surface area contributed by atoms with Crippen LogP contribution in [0.3, 0.4) is 0 Å². The smallest absolute Gasteiger partial charge is 0.282 e. The maximum absolute atomic E-state index is 13.8. The molecule has 1 saturated heterocycles. The Morgan fingerprint density at radius 2 is 1.52 bits per heavy atom. The van der Waals surface area contributed by atoms with Crippen molar-refractivity contribution in [3.63, 3.8) is 0 Å². The van der Waals surface area contributed by atoms with E-state index < -0.39 is 0 Å². The zero-order valence-electron chi connectivity index (χ0n) is 20.1. The monoisotopic (exact) mass is 448 g/mol. The summed E-state index contributed by atoms with van der Waals surface area (Å²) in [5, 5.41) is 0. The van der Waals surface area contributed by atoms with Crippen molar-refractivity contribution in [2.45, 2.75) is 39.5 Å². The Morgan fingerprint density at radius 3 is 2.09 bits per heavy atom. The Morgan fingerprint density at radius 1 is 0.879 bits per heavy atom. The molecule has 0 aromatic heterocycles. The third-order valence-corrected chi connectivity index (χ3v) is 6.65. The van der Waals surface area contributed by atoms with Gasteiger partial charge in [-0.3, -0.25) is 9.59 Å². The molecular weight excluding hydrogens is 416 g/mol. The molecule has 0 aliphatic carbocycles. The van der Waals surface area contributed by atoms with E-state index >= 15 is 0 Å². The van der Waals surface area contributed by atoms with E-state index in [4.69, 9.17) is 9.47 Å². The van der Waals surface area contributed by atoms with E-state index in [0.29, 0.717) is 45.9 Å². The Kier molecular flexibility index (Phi) is 6.45. The van der Waals surface area contributed by atoms with Gasteiger partial charge < -0.3 is 14.4 Å². The van der Waals surface area contributed by atoms with Gasteiger partial charge in [0.15, 0.2) is 11.5 Å². The van der Waals surface area contributed by atoms with Crippen molar-refractivity contribution in [2.24, 2.45) is 5.92 Å². The summed E-state index contributed by atoms with van der Waals surface area (Å²) in [7, 11) is 3.14. The van der Waals surface area contributed by atoms with E-state index in [1.54, 1.807) is 26.4 Å². The molecule has 4 rings (SSSR count). The highest BCUT2D eigenvalue weighted by atomic mass is 16.5. The first-order chi connectivity index (χ1) is 15.8. The SMILES string of the molecule is COc1ccc(C2=C(N3CCC(C)CC3)C(=O)N(c3ccc(C(C)C)cc3)C2=O)cc1OC. The number of rotatable bonds is 6. The lowest BCUT2D eigenvalue weighted by Gasteiger charge is -2.32. The first-order valence-electron chi connectivity index (χ1n) is 11.6. The first-order valence-corrected chi connectivity index (χ1v) is 11.6. The fourth-order valence-electron chi connectivity index (χ4n) is 4.54. The zero-order chi connectivity index (χ0) is 23.7. The molecule has 2 aromatic carbocycles. The van der Waals surface area contributed by atoms with Gasteiger partial charge in [-0.05, 0) is 60.1 Å². The van der Waals surface area contributed by atoms with E-state index in [-0.39, 0.29) is 11.8 Å². The van der Waals surface area contributed by atoms with Gasteiger partial charge in [0.25, 0.3) is 11.8 Å². The first kappa shape index (κ1) is 22.9. The normalized spacial score (nSPS) is 17.4. The lowest BCUT2D eigenvalue weighted by molar-refractivity contribution is -0.120. The summed E-state index contributed by atoms with van der Waals surface area (Å²) in [5.41, 5.74) is 3.31. The van der Waals surface area contributed by atoms with Crippen LogP contribution in [0.5, 0.6) is 11.5 Å². The summed E-state index contributed by atoms with van der Waals surface area (Å²) in [6.07, 6.45) is 1.99. The molecule has 2 aliphatic heterocycles. The summed E-state index contributed by atoms with van der Waals surface area (Å²) in [6.45, 7) is 7.98. The number of anilines is 1. The number of methoxy groups -OCH3 is 2. The predicted molar refractivity (Wildman–Crippen MR) is 129 cm³/mol. The molecule has 0 spiro atoms. The topological polar surface area (TPSA) is 59.1 Å². The van der Waals surface area contributed by atoms with E-state index in [9.17, 15) is 9.59 Å². The van der Waals surface area contributed by atoms with Gasteiger partial charge in [0.1, 0.15) is 5.70 Å². The summed E-state index contributed by atoms with van der Waals surface area (Å²) in [6, 6.07) is 13.1. The fraction of sp³-hybridized carbons (Fsp3) is 0.407. The van der Waals surface area contributed by atoms with Crippen LogP contribution in [0.2, 0.25) is 0 Å². The standard InChI is InChI=1S/C27H32N2O4/c1-17(2)19-6-9-21(10-7-19)29-26(30)24(20-8-11-22(32-4)23(16-20)33-5)25(27(29)31)28-14-12-18(3)13-15-28/h6-11,16-18H,12-15H2,1-5H3. The molecule has 1 fully saturated rings. The minimum Gasteiger partial charge on any atom is -0.493 e. The number of nitrogens with zero attached hydrogens (tertiary/aromatic N) is 2. The van der Waals surface area contributed by atoms with E-state index in [1.165, 1.54) is 4.90 Å². The quantitative estimate of drug-likeness (QED) is 0.592. The fourth-order valence-corrected chi connectivity index (χ4v) is 4.54. The largest absolute Gasteiger partial charge is 0.493 e. The van der Waals surface area contributed by atoms with Gasteiger partial charge in [0.05, 0.1) is 25.5 Å². The van der Waals surface area contributed by atoms with Gasteiger partial charge >= 0.3 is 0 Å². The lowest BCUT2D eigenvalue weighted by atomic mass is 9.97. The van der Waals surface area contributed by atoms with Crippen molar-refractivity contribution in [3.8, 4) is 11.5 Å². The zero-order valence-corrected chi connectivity index (χ0v) is 20.1. The van der Waals surface area contributed by atoms with Crippen molar-refractivity contribution < 1.29 is 19.1 Å². The second kappa shape index (κ2) is 9.30. The molecule has 2 aliphatic rings. The van der Waals surface area contributed by atoms with Crippen LogP contribution in [0.15, 0.2) is 48.2 Å². The van der Waals surface area contributed by atoms with Gasteiger partial charge in [-0.15, -0.1) is 0 Å². The number of likely N-dealkylation sites (tertiary alicyclic amines) is 1. The summed E-state index contributed by atoms with van der Waals surface area (Å²) in [5.74, 6) is 1.51. The maximum Gasteiger partial charge on any atom is 0.282 e. The molecule has 2 aromatic rings. The molecule has 0 bridgehead atoms. The number of ether oxygens (including phenoxy) is 2. The van der Waals surface area contributed by atoms with Crippen LogP contribution >= 0.6 is 0 Å². The van der Waals surface area contributed by atoms with Gasteiger partial charge in [0, 0.05) is 13.1 Å². The molecule has 6 nitrogen and oxygen atoms in total. The van der Waals surface area contributed by atoms with Crippen LogP contribution in [0.25, 0.3) is 5.57 Å². The Hall–Kier alpha value is -3.28. The van der Waals surface area contributed by atoms with Crippen molar-refractivity contribution in [3.05, 3.63) is 59.3 Å². The van der Waals surface area contributed by atoms with Crippen LogP contribution < -0.4 is 14.4 Å². The summed E-state index contributed by atoms with van der Waals surface area (Å²) >= 11 is 0. The highest BCUT2D eigenvalue weighted by molar-refractivity contribution is 6.45. The molecule has 33 heavy (non-hydrogen) atoms. The van der Waals surface area contributed by atoms with E-state index in [2.05, 4.69) is 25.7 Å². The second-order valence-corrected chi connectivity index (χ2v) is 9.15. The second-order valence-electron chi connectivity index (χ2n) is 9.15. The average molecular weight is 449 g/mol. The Balaban J connectivity index is 1.80. The average Bonchev–Trinajstić information content (AvgIpc) is 3.09. The van der Waals surface area contributed by atoms with Crippen LogP contribution in [0.1, 0.15) is 50.7 Å². The van der Waals surface area contributed by atoms with E-state index in [1.807, 2.05) is 30.3 Å². The number of benzene rings is 2. The third kappa shape index (κ3) is 4.22. The van der Waals surface area contributed by atoms with Crippen molar-refractivity contribution in [1.29, 1.82) is 0 Å². The van der Waals surface area contributed by atoms with Crippen molar-refractivity contribution in [1.82, 2.24) is 4.90 Å². The molecule has 0 atom stereocenters. The van der Waals surface area contributed by atoms with Crippen molar-refractivity contribution >= 4 is 23.1 Å². The summed E-state index contributed by atoms with van der Waals surface area (Å²) in [4.78, 5) is 30.9. The van der Waals surface area contributed by atoms with Gasteiger partial charge in [-0.1, -0.05) is 39.0 Å². The number of hydrogen-bond acceptors (Lipinski definition) is 5. The molecule has 2 heterocycles. The summed E-state index contributed by atoms with van der Waals surface area (Å²) < 4.78 is 10.8. The molecular formula is C27H32N2O4. The molecule has 0 saturated carbocycles. The Bertz CT molecular complexity index is 1080. The van der Waals surface area contributed by atoms with Gasteiger partial charge in [0.2, 0.25) is 0 Å². The highest BCUT2D eigenvalue weighted by Crippen LogP contribution is 2.39. The number of carbonyl (C=O) groups is 2. The van der Waals surface area contributed by atoms with Crippen LogP contribution in [0.4, 0.5) is 5.69 Å².